The van der Waals surface area contributed by atoms with Gasteiger partial charge in [-0.2, -0.15) is 0 Å². The largest absolute Gasteiger partial charge is 0.387 e. The Bertz CT molecular complexity index is 598. The van der Waals surface area contributed by atoms with Crippen LogP contribution in [-0.4, -0.2) is 24.3 Å². The molecule has 1 atom stereocenters. The molecular weight excluding hydrogens is 282 g/mol. The van der Waals surface area contributed by atoms with Crippen LogP contribution in [0, 0.1) is 5.41 Å². The molecule has 0 aliphatic carbocycles. The fourth-order valence-electron chi connectivity index (χ4n) is 2.36. The van der Waals surface area contributed by atoms with Crippen molar-refractivity contribution in [1.82, 2.24) is 4.90 Å². The first-order valence-corrected chi connectivity index (χ1v) is 7.26. The first kappa shape index (κ1) is 15.5. The minimum atomic E-state index is -0.0984. The van der Waals surface area contributed by atoms with Gasteiger partial charge in [0.2, 0.25) is 0 Å². The van der Waals surface area contributed by atoms with E-state index in [4.69, 9.17) is 22.7 Å². The maximum Gasteiger partial charge on any atom is 0.0995 e. The van der Waals surface area contributed by atoms with E-state index < -0.39 is 0 Å². The molecule has 0 radical (unpaired) electrons. The van der Waals surface area contributed by atoms with E-state index >= 15 is 0 Å². The zero-order chi connectivity index (χ0) is 15.2. The topological polar surface area (TPSA) is 53.1 Å². The van der Waals surface area contributed by atoms with Crippen LogP contribution >= 0.6 is 11.6 Å². The number of rotatable bonds is 6. The molecule has 0 saturated heterocycles. The van der Waals surface area contributed by atoms with Crippen LogP contribution in [0.3, 0.4) is 0 Å². The van der Waals surface area contributed by atoms with Crippen LogP contribution in [0.25, 0.3) is 0 Å². The molecule has 0 heterocycles. The number of hydrogen-bond donors (Lipinski definition) is 2. The standard InChI is InChI=1S/C17H20ClN3/c1-21(11-14-9-5-6-10-16(14)18)12-15(17(19)20)13-7-3-2-4-8-13/h2-10,15H,11-12H2,1H3,(H3,19,20). The van der Waals surface area contributed by atoms with Gasteiger partial charge in [0.25, 0.3) is 0 Å². The second-order valence-corrected chi connectivity index (χ2v) is 5.61. The lowest BCUT2D eigenvalue weighted by molar-refractivity contribution is 0.322. The van der Waals surface area contributed by atoms with Crippen molar-refractivity contribution in [3.63, 3.8) is 0 Å². The molecule has 4 heteroatoms. The van der Waals surface area contributed by atoms with Crippen LogP contribution in [-0.2, 0) is 6.54 Å². The van der Waals surface area contributed by atoms with E-state index in [0.717, 1.165) is 22.7 Å². The van der Waals surface area contributed by atoms with E-state index in [1.807, 2.05) is 61.6 Å². The maximum atomic E-state index is 7.83. The summed E-state index contributed by atoms with van der Waals surface area (Å²) >= 11 is 6.19. The molecule has 110 valence electrons. The summed E-state index contributed by atoms with van der Waals surface area (Å²) in [5, 5.41) is 8.60. The minimum absolute atomic E-state index is 0.0984. The predicted molar refractivity (Wildman–Crippen MR) is 88.9 cm³/mol. The first-order valence-electron chi connectivity index (χ1n) is 6.88. The lowest BCUT2D eigenvalue weighted by Crippen LogP contribution is -2.32. The minimum Gasteiger partial charge on any atom is -0.387 e. The van der Waals surface area contributed by atoms with Crippen molar-refractivity contribution < 1.29 is 0 Å². The second kappa shape index (κ2) is 7.25. The van der Waals surface area contributed by atoms with Crippen molar-refractivity contribution in [3.05, 3.63) is 70.7 Å². The molecule has 0 aromatic heterocycles. The Kier molecular flexibility index (Phi) is 5.37. The van der Waals surface area contributed by atoms with Gasteiger partial charge in [0.05, 0.1) is 11.8 Å². The van der Waals surface area contributed by atoms with Gasteiger partial charge >= 0.3 is 0 Å². The van der Waals surface area contributed by atoms with Crippen LogP contribution in [0.5, 0.6) is 0 Å². The molecule has 3 nitrogen and oxygen atoms in total. The highest BCUT2D eigenvalue weighted by Crippen LogP contribution is 2.20. The third kappa shape index (κ3) is 4.31. The van der Waals surface area contributed by atoms with Crippen molar-refractivity contribution >= 4 is 17.4 Å². The van der Waals surface area contributed by atoms with E-state index in [0.29, 0.717) is 6.54 Å². The molecule has 0 saturated carbocycles. The van der Waals surface area contributed by atoms with Gasteiger partial charge in [0.15, 0.2) is 0 Å². The van der Waals surface area contributed by atoms with Gasteiger partial charge in [0, 0.05) is 18.1 Å². The summed E-state index contributed by atoms with van der Waals surface area (Å²) in [6.45, 7) is 1.42. The lowest BCUT2D eigenvalue weighted by atomic mass is 9.97. The first-order chi connectivity index (χ1) is 10.1. The maximum absolute atomic E-state index is 7.83. The molecule has 0 bridgehead atoms. The number of amidine groups is 1. The summed E-state index contributed by atoms with van der Waals surface area (Å²) in [6.07, 6.45) is 0. The van der Waals surface area contributed by atoms with Crippen molar-refractivity contribution in [2.24, 2.45) is 5.73 Å². The lowest BCUT2D eigenvalue weighted by Gasteiger charge is -2.24. The molecule has 2 aromatic rings. The van der Waals surface area contributed by atoms with E-state index in [1.165, 1.54) is 0 Å². The smallest absolute Gasteiger partial charge is 0.0995 e. The Morgan fingerprint density at radius 1 is 1.14 bits per heavy atom. The quantitative estimate of drug-likeness (QED) is 0.634. The van der Waals surface area contributed by atoms with Crippen LogP contribution < -0.4 is 5.73 Å². The number of nitrogens with one attached hydrogen (secondary N) is 1. The normalized spacial score (nSPS) is 12.3. The van der Waals surface area contributed by atoms with Crippen LogP contribution in [0.4, 0.5) is 0 Å². The monoisotopic (exact) mass is 301 g/mol. The zero-order valence-electron chi connectivity index (χ0n) is 12.1. The van der Waals surface area contributed by atoms with Gasteiger partial charge < -0.3 is 10.6 Å². The third-order valence-electron chi connectivity index (χ3n) is 3.47. The molecule has 0 aliphatic rings. The van der Waals surface area contributed by atoms with Crippen molar-refractivity contribution in [3.8, 4) is 0 Å². The molecule has 0 spiro atoms. The molecule has 2 aromatic carbocycles. The summed E-state index contributed by atoms with van der Waals surface area (Å²) < 4.78 is 0. The third-order valence-corrected chi connectivity index (χ3v) is 3.84. The SMILES string of the molecule is CN(Cc1ccccc1Cl)CC(C(=N)N)c1ccccc1. The Labute approximate surface area is 130 Å². The molecule has 1 unspecified atom stereocenters. The molecular formula is C17H20ClN3. The van der Waals surface area contributed by atoms with E-state index in [2.05, 4.69) is 4.90 Å². The fourth-order valence-corrected chi connectivity index (χ4v) is 2.56. The van der Waals surface area contributed by atoms with Crippen molar-refractivity contribution in [2.75, 3.05) is 13.6 Å². The number of hydrogen-bond acceptors (Lipinski definition) is 2. The Morgan fingerprint density at radius 2 is 1.76 bits per heavy atom. The Balaban J connectivity index is 2.07. The van der Waals surface area contributed by atoms with Gasteiger partial charge in [-0.15, -0.1) is 0 Å². The summed E-state index contributed by atoms with van der Waals surface area (Å²) in [4.78, 5) is 2.14. The summed E-state index contributed by atoms with van der Waals surface area (Å²) in [7, 11) is 2.02. The molecule has 0 aliphatic heterocycles. The summed E-state index contributed by atoms with van der Waals surface area (Å²) in [5.41, 5.74) is 7.92. The van der Waals surface area contributed by atoms with Gasteiger partial charge in [-0.3, -0.25) is 5.41 Å². The highest BCUT2D eigenvalue weighted by Gasteiger charge is 2.17. The van der Waals surface area contributed by atoms with Gasteiger partial charge in [-0.25, -0.2) is 0 Å². The summed E-state index contributed by atoms with van der Waals surface area (Å²) in [6, 6.07) is 17.7. The highest BCUT2D eigenvalue weighted by atomic mass is 35.5. The molecule has 3 N–H and O–H groups in total. The van der Waals surface area contributed by atoms with Crippen LogP contribution in [0.15, 0.2) is 54.6 Å². The van der Waals surface area contributed by atoms with Crippen molar-refractivity contribution in [2.45, 2.75) is 12.5 Å². The van der Waals surface area contributed by atoms with Gasteiger partial charge in [-0.05, 0) is 24.2 Å². The molecule has 0 fully saturated rings. The number of nitrogens with zero attached hydrogens (tertiary/aromatic N) is 1. The highest BCUT2D eigenvalue weighted by molar-refractivity contribution is 6.31. The number of halogens is 1. The number of nitrogens with two attached hydrogens (primary N) is 1. The molecule has 2 rings (SSSR count). The second-order valence-electron chi connectivity index (χ2n) is 5.21. The van der Waals surface area contributed by atoms with Crippen LogP contribution in [0.1, 0.15) is 17.0 Å². The number of likely N-dealkylation sites (N-methyl/N-ethyl adjacent to an activating group) is 1. The van der Waals surface area contributed by atoms with Gasteiger partial charge in [-0.1, -0.05) is 60.1 Å². The van der Waals surface area contributed by atoms with E-state index in [9.17, 15) is 0 Å². The van der Waals surface area contributed by atoms with E-state index in [-0.39, 0.29) is 11.8 Å². The average Bonchev–Trinajstić information content (AvgIpc) is 2.48. The number of benzene rings is 2. The Hall–Kier alpha value is -1.84. The van der Waals surface area contributed by atoms with Gasteiger partial charge in [0.1, 0.15) is 0 Å². The van der Waals surface area contributed by atoms with Crippen molar-refractivity contribution in [1.29, 1.82) is 5.41 Å². The average molecular weight is 302 g/mol. The predicted octanol–water partition coefficient (Wildman–Crippen LogP) is 3.49. The fraction of sp³-hybridized carbons (Fsp3) is 0.235. The van der Waals surface area contributed by atoms with Crippen LogP contribution in [0.2, 0.25) is 5.02 Å². The summed E-state index contributed by atoms with van der Waals surface area (Å²) in [5.74, 6) is 0.0888. The Morgan fingerprint density at radius 3 is 2.38 bits per heavy atom. The van der Waals surface area contributed by atoms with E-state index in [1.54, 1.807) is 0 Å². The molecule has 0 amide bonds. The molecule has 21 heavy (non-hydrogen) atoms. The zero-order valence-corrected chi connectivity index (χ0v) is 12.8.